The fraction of sp³-hybridized carbons (Fsp3) is 0.467. The number of hydrogen-bond acceptors (Lipinski definition) is 6. The van der Waals surface area contributed by atoms with Crippen LogP contribution in [-0.2, 0) is 34.3 Å². The number of benzene rings is 1. The van der Waals surface area contributed by atoms with E-state index in [0.29, 0.717) is 5.56 Å². The quantitative estimate of drug-likeness (QED) is 0.604. The van der Waals surface area contributed by atoms with Gasteiger partial charge in [0.25, 0.3) is 0 Å². The van der Waals surface area contributed by atoms with Crippen molar-refractivity contribution in [2.75, 3.05) is 20.1 Å². The molecule has 22 heavy (non-hydrogen) atoms. The predicted octanol–water partition coefficient (Wildman–Crippen LogP) is 1.60. The zero-order valence-electron chi connectivity index (χ0n) is 12.3. The largest absolute Gasteiger partial charge is 0.467 e. The van der Waals surface area contributed by atoms with Crippen molar-refractivity contribution in [2.45, 2.75) is 24.4 Å². The van der Waals surface area contributed by atoms with Crippen LogP contribution in [0.3, 0.4) is 0 Å². The van der Waals surface area contributed by atoms with E-state index in [-0.39, 0.29) is 12.3 Å². The topological polar surface area (TPSA) is 71.1 Å². The summed E-state index contributed by atoms with van der Waals surface area (Å²) in [4.78, 5) is 23.8. The molecule has 1 saturated heterocycles. The lowest BCUT2D eigenvalue weighted by molar-refractivity contribution is -0.196. The molecule has 0 aromatic heterocycles. The Morgan fingerprint density at radius 2 is 1.59 bits per heavy atom. The zero-order chi connectivity index (χ0) is 16.2. The Bertz CT molecular complexity index is 508. The van der Waals surface area contributed by atoms with Gasteiger partial charge in [-0.25, -0.2) is 9.59 Å². The molecule has 2 rings (SSSR count). The van der Waals surface area contributed by atoms with Crippen molar-refractivity contribution in [3.8, 4) is 0 Å². The SMILES string of the molecule is COC(=O)[C@@H]1OC(CCCl)(c2ccccc2)O[C@H]1C(=O)OC. The van der Waals surface area contributed by atoms with Gasteiger partial charge in [0.2, 0.25) is 0 Å². The van der Waals surface area contributed by atoms with Crippen LogP contribution in [0.15, 0.2) is 30.3 Å². The molecule has 0 aliphatic carbocycles. The Kier molecular flexibility index (Phi) is 5.39. The summed E-state index contributed by atoms with van der Waals surface area (Å²) in [5.74, 6) is -2.48. The van der Waals surface area contributed by atoms with Gasteiger partial charge in [-0.1, -0.05) is 30.3 Å². The van der Waals surface area contributed by atoms with Crippen molar-refractivity contribution < 1.29 is 28.5 Å². The Hall–Kier alpha value is -1.63. The number of carbonyl (C=O) groups is 2. The first-order valence-electron chi connectivity index (χ1n) is 6.70. The molecule has 0 spiro atoms. The highest BCUT2D eigenvalue weighted by Crippen LogP contribution is 2.41. The molecule has 1 aliphatic rings. The van der Waals surface area contributed by atoms with Crippen LogP contribution in [0.25, 0.3) is 0 Å². The number of carbonyl (C=O) groups excluding carboxylic acids is 2. The maximum Gasteiger partial charge on any atom is 0.338 e. The van der Waals surface area contributed by atoms with Gasteiger partial charge < -0.3 is 18.9 Å². The summed E-state index contributed by atoms with van der Waals surface area (Å²) < 4.78 is 20.9. The van der Waals surface area contributed by atoms with E-state index in [1.165, 1.54) is 14.2 Å². The molecule has 7 heteroatoms. The molecule has 0 bridgehead atoms. The lowest BCUT2D eigenvalue weighted by atomic mass is 10.0. The number of methoxy groups -OCH3 is 2. The van der Waals surface area contributed by atoms with Gasteiger partial charge in [-0.15, -0.1) is 11.6 Å². The minimum Gasteiger partial charge on any atom is -0.467 e. The molecular formula is C15H17ClO6. The molecule has 0 radical (unpaired) electrons. The average molecular weight is 329 g/mol. The second-order valence-corrected chi connectivity index (χ2v) is 5.06. The van der Waals surface area contributed by atoms with Crippen LogP contribution in [0.5, 0.6) is 0 Å². The van der Waals surface area contributed by atoms with Gasteiger partial charge in [0.05, 0.1) is 14.2 Å². The molecule has 120 valence electrons. The van der Waals surface area contributed by atoms with Crippen LogP contribution in [0.1, 0.15) is 12.0 Å². The normalized spacial score (nSPS) is 23.0. The molecule has 1 heterocycles. The minimum absolute atomic E-state index is 0.219. The van der Waals surface area contributed by atoms with Crippen LogP contribution in [-0.4, -0.2) is 44.2 Å². The van der Waals surface area contributed by atoms with Crippen molar-refractivity contribution in [3.63, 3.8) is 0 Å². The third kappa shape index (κ3) is 3.09. The highest BCUT2D eigenvalue weighted by Gasteiger charge is 2.55. The first-order chi connectivity index (χ1) is 10.6. The summed E-state index contributed by atoms with van der Waals surface area (Å²) in [6.07, 6.45) is -2.15. The van der Waals surface area contributed by atoms with Gasteiger partial charge in [-0.2, -0.15) is 0 Å². The zero-order valence-corrected chi connectivity index (χ0v) is 13.0. The van der Waals surface area contributed by atoms with Crippen molar-refractivity contribution in [3.05, 3.63) is 35.9 Å². The summed E-state index contributed by atoms with van der Waals surface area (Å²) in [6, 6.07) is 9.00. The van der Waals surface area contributed by atoms with E-state index in [2.05, 4.69) is 9.47 Å². The van der Waals surface area contributed by atoms with E-state index in [9.17, 15) is 9.59 Å². The molecule has 1 aromatic carbocycles. The molecular weight excluding hydrogens is 312 g/mol. The number of halogens is 1. The van der Waals surface area contributed by atoms with Gasteiger partial charge in [-0.3, -0.25) is 0 Å². The van der Waals surface area contributed by atoms with Crippen molar-refractivity contribution in [2.24, 2.45) is 0 Å². The summed E-state index contributed by atoms with van der Waals surface area (Å²) in [5, 5.41) is 0. The Balaban J connectivity index is 2.40. The van der Waals surface area contributed by atoms with Gasteiger partial charge in [0.15, 0.2) is 18.0 Å². The third-order valence-electron chi connectivity index (χ3n) is 3.41. The van der Waals surface area contributed by atoms with Crippen molar-refractivity contribution in [1.29, 1.82) is 0 Å². The summed E-state index contributed by atoms with van der Waals surface area (Å²) in [7, 11) is 2.42. The summed E-state index contributed by atoms with van der Waals surface area (Å²) in [5.41, 5.74) is 0.663. The van der Waals surface area contributed by atoms with Crippen LogP contribution in [0.4, 0.5) is 0 Å². The monoisotopic (exact) mass is 328 g/mol. The molecule has 1 aliphatic heterocycles. The van der Waals surface area contributed by atoms with E-state index in [4.69, 9.17) is 21.1 Å². The second kappa shape index (κ2) is 7.09. The standard InChI is InChI=1S/C15H17ClO6/c1-19-13(17)11-12(14(18)20-2)22-15(21-11,8-9-16)10-6-4-3-5-7-10/h3-7,11-12H,8-9H2,1-2H3/t11-,12-/m1/s1. The van der Waals surface area contributed by atoms with Gasteiger partial charge >= 0.3 is 11.9 Å². The number of rotatable bonds is 5. The fourth-order valence-electron chi connectivity index (χ4n) is 2.35. The van der Waals surface area contributed by atoms with E-state index in [1.807, 2.05) is 6.07 Å². The van der Waals surface area contributed by atoms with Crippen molar-refractivity contribution >= 4 is 23.5 Å². The molecule has 0 N–H and O–H groups in total. The van der Waals surface area contributed by atoms with Crippen LogP contribution >= 0.6 is 11.6 Å². The van der Waals surface area contributed by atoms with Crippen LogP contribution in [0.2, 0.25) is 0 Å². The third-order valence-corrected chi connectivity index (χ3v) is 3.60. The van der Waals surface area contributed by atoms with E-state index in [0.717, 1.165) is 0 Å². The van der Waals surface area contributed by atoms with Crippen molar-refractivity contribution in [1.82, 2.24) is 0 Å². The Morgan fingerprint density at radius 3 is 2.00 bits per heavy atom. The van der Waals surface area contributed by atoms with E-state index < -0.39 is 29.9 Å². The van der Waals surface area contributed by atoms with Crippen LogP contribution < -0.4 is 0 Å². The second-order valence-electron chi connectivity index (χ2n) is 4.68. The molecule has 2 atom stereocenters. The Labute approximate surface area is 133 Å². The Morgan fingerprint density at radius 1 is 1.09 bits per heavy atom. The average Bonchev–Trinajstić information content (AvgIpc) is 2.95. The number of alkyl halides is 1. The maximum atomic E-state index is 11.9. The smallest absolute Gasteiger partial charge is 0.338 e. The van der Waals surface area contributed by atoms with E-state index in [1.54, 1.807) is 24.3 Å². The number of esters is 2. The lowest BCUT2D eigenvalue weighted by Gasteiger charge is -2.27. The van der Waals surface area contributed by atoms with Crippen LogP contribution in [0, 0.1) is 0 Å². The minimum atomic E-state index is -1.29. The number of hydrogen-bond donors (Lipinski definition) is 0. The molecule has 1 fully saturated rings. The molecule has 6 nitrogen and oxygen atoms in total. The highest BCUT2D eigenvalue weighted by atomic mass is 35.5. The van der Waals surface area contributed by atoms with Gasteiger partial charge in [0, 0.05) is 17.9 Å². The first-order valence-corrected chi connectivity index (χ1v) is 7.24. The van der Waals surface area contributed by atoms with Gasteiger partial charge in [0.1, 0.15) is 0 Å². The molecule has 0 amide bonds. The molecule has 0 saturated carbocycles. The molecule has 0 unspecified atom stereocenters. The summed E-state index contributed by atoms with van der Waals surface area (Å²) >= 11 is 5.85. The predicted molar refractivity (Wildman–Crippen MR) is 77.2 cm³/mol. The van der Waals surface area contributed by atoms with E-state index >= 15 is 0 Å². The molecule has 1 aromatic rings. The first kappa shape index (κ1) is 16.7. The summed E-state index contributed by atoms with van der Waals surface area (Å²) in [6.45, 7) is 0. The fourth-order valence-corrected chi connectivity index (χ4v) is 2.60. The number of ether oxygens (including phenoxy) is 4. The van der Waals surface area contributed by atoms with Gasteiger partial charge in [-0.05, 0) is 0 Å². The lowest BCUT2D eigenvalue weighted by Crippen LogP contribution is -2.38. The maximum absolute atomic E-state index is 11.9. The highest BCUT2D eigenvalue weighted by molar-refractivity contribution is 6.17.